The molecule has 0 bridgehead atoms. The Morgan fingerprint density at radius 3 is 2.88 bits per heavy atom. The molecule has 1 unspecified atom stereocenters. The van der Waals surface area contributed by atoms with Crippen LogP contribution in [0.3, 0.4) is 0 Å². The zero-order chi connectivity index (χ0) is 18.5. The van der Waals surface area contributed by atoms with Gasteiger partial charge in [-0.1, -0.05) is 18.5 Å². The van der Waals surface area contributed by atoms with Crippen molar-refractivity contribution >= 4 is 34.2 Å². The summed E-state index contributed by atoms with van der Waals surface area (Å²) in [5.74, 6) is 0.908. The van der Waals surface area contributed by atoms with Crippen LogP contribution < -0.4 is 10.3 Å². The quantitative estimate of drug-likeness (QED) is 0.572. The highest BCUT2D eigenvalue weighted by Gasteiger charge is 2.55. The van der Waals surface area contributed by atoms with E-state index in [4.69, 9.17) is 11.6 Å². The Morgan fingerprint density at radius 2 is 2.23 bits per heavy atom. The number of hydrogen-bond acceptors (Lipinski definition) is 5. The number of hydrogen-bond donors (Lipinski definition) is 2. The van der Waals surface area contributed by atoms with Crippen molar-refractivity contribution in [2.45, 2.75) is 39.2 Å². The molecule has 2 aromatic heterocycles. The molecule has 1 saturated heterocycles. The second-order valence-electron chi connectivity index (χ2n) is 7.38. The molecule has 0 radical (unpaired) electrons. The summed E-state index contributed by atoms with van der Waals surface area (Å²) in [5.41, 5.74) is 5.28. The second-order valence-corrected chi connectivity index (χ2v) is 8.62. The Morgan fingerprint density at radius 1 is 1.50 bits per heavy atom. The van der Waals surface area contributed by atoms with Crippen molar-refractivity contribution in [3.8, 4) is 0 Å². The van der Waals surface area contributed by atoms with Gasteiger partial charge in [0.05, 0.1) is 0 Å². The van der Waals surface area contributed by atoms with E-state index in [1.165, 1.54) is 10.7 Å². The Labute approximate surface area is 159 Å². The first kappa shape index (κ1) is 18.1. The van der Waals surface area contributed by atoms with E-state index >= 15 is 0 Å². The molecular formula is C16H23ClN6O2S. The minimum atomic E-state index is -1.99. The van der Waals surface area contributed by atoms with E-state index in [0.717, 1.165) is 49.2 Å². The molecule has 1 saturated carbocycles. The molecular weight excluding hydrogens is 376 g/mol. The fourth-order valence-electron chi connectivity index (χ4n) is 4.20. The van der Waals surface area contributed by atoms with Crippen LogP contribution in [0, 0.1) is 12.3 Å². The average molecular weight is 399 g/mol. The number of nitrogens with zero attached hydrogens (tertiary/aromatic N) is 5. The minimum Gasteiger partial charge on any atom is -0.354 e. The van der Waals surface area contributed by atoms with Crippen LogP contribution in [-0.4, -0.2) is 53.5 Å². The molecule has 1 aliphatic carbocycles. The van der Waals surface area contributed by atoms with Gasteiger partial charge in [-0.25, -0.2) is 19.1 Å². The number of nitrogens with one attached hydrogen (secondary N) is 1. The average Bonchev–Trinajstić information content (AvgIpc) is 2.82. The summed E-state index contributed by atoms with van der Waals surface area (Å²) in [6.07, 6.45) is 4.28. The molecule has 2 N–H and O–H groups in total. The van der Waals surface area contributed by atoms with E-state index in [9.17, 15) is 8.76 Å². The van der Waals surface area contributed by atoms with Gasteiger partial charge in [-0.05, 0) is 37.8 Å². The van der Waals surface area contributed by atoms with Crippen LogP contribution in [0.4, 0.5) is 5.82 Å². The number of rotatable bonds is 6. The van der Waals surface area contributed by atoms with Crippen molar-refractivity contribution in [3.05, 3.63) is 23.1 Å². The van der Waals surface area contributed by atoms with Crippen molar-refractivity contribution in [2.24, 2.45) is 5.41 Å². The molecule has 10 heteroatoms. The van der Waals surface area contributed by atoms with Crippen LogP contribution >= 0.6 is 11.6 Å². The maximum Gasteiger partial charge on any atom is 0.249 e. The molecule has 0 aromatic carbocycles. The summed E-state index contributed by atoms with van der Waals surface area (Å²) >= 11 is 4.24. The van der Waals surface area contributed by atoms with Crippen LogP contribution in [0.1, 0.15) is 31.7 Å². The van der Waals surface area contributed by atoms with E-state index in [1.54, 1.807) is 4.52 Å². The van der Waals surface area contributed by atoms with Crippen LogP contribution in [0.2, 0.25) is 5.15 Å². The summed E-state index contributed by atoms with van der Waals surface area (Å²) < 4.78 is 24.3. The third kappa shape index (κ3) is 2.91. The Bertz CT molecular complexity index is 845. The van der Waals surface area contributed by atoms with Crippen molar-refractivity contribution in [1.82, 2.24) is 24.4 Å². The number of aryl methyl sites for hydroxylation is 1. The lowest BCUT2D eigenvalue weighted by Crippen LogP contribution is -2.68. The fourth-order valence-corrected chi connectivity index (χ4v) is 5.10. The van der Waals surface area contributed by atoms with Crippen molar-refractivity contribution < 1.29 is 8.76 Å². The predicted molar refractivity (Wildman–Crippen MR) is 101 cm³/mol. The van der Waals surface area contributed by atoms with Gasteiger partial charge in [0.15, 0.2) is 5.82 Å². The minimum absolute atomic E-state index is 0.101. The van der Waals surface area contributed by atoms with Crippen LogP contribution in [0.25, 0.3) is 5.52 Å². The van der Waals surface area contributed by atoms with Gasteiger partial charge in [-0.3, -0.25) is 4.55 Å². The van der Waals surface area contributed by atoms with E-state index in [1.807, 2.05) is 19.9 Å². The number of hydrazine groups is 1. The van der Waals surface area contributed by atoms with Crippen LogP contribution in [0.15, 0.2) is 12.4 Å². The van der Waals surface area contributed by atoms with Gasteiger partial charge in [0, 0.05) is 31.1 Å². The molecule has 8 nitrogen and oxygen atoms in total. The van der Waals surface area contributed by atoms with Gasteiger partial charge < -0.3 is 4.90 Å². The van der Waals surface area contributed by atoms with Crippen LogP contribution in [0.5, 0.6) is 0 Å². The molecule has 2 aromatic rings. The SMILES string of the molecule is CCCNN(C1CC2(C1)CN(c1ncnn3c(Cl)cc(C)c13)C2)S(=O)O. The first-order valence-electron chi connectivity index (χ1n) is 8.81. The zero-order valence-electron chi connectivity index (χ0n) is 14.9. The van der Waals surface area contributed by atoms with Crippen LogP contribution in [-0.2, 0) is 11.3 Å². The second kappa shape index (κ2) is 6.72. The smallest absolute Gasteiger partial charge is 0.249 e. The highest BCUT2D eigenvalue weighted by molar-refractivity contribution is 7.76. The van der Waals surface area contributed by atoms with Gasteiger partial charge in [-0.2, -0.15) is 5.10 Å². The summed E-state index contributed by atoms with van der Waals surface area (Å²) in [5, 5.41) is 4.81. The molecule has 3 heterocycles. The maximum atomic E-state index is 11.6. The lowest BCUT2D eigenvalue weighted by molar-refractivity contribution is -0.00274. The maximum absolute atomic E-state index is 11.6. The molecule has 2 aliphatic rings. The molecule has 0 amide bonds. The summed E-state index contributed by atoms with van der Waals surface area (Å²) in [4.78, 5) is 6.72. The first-order chi connectivity index (χ1) is 12.4. The number of anilines is 1. The van der Waals surface area contributed by atoms with E-state index in [-0.39, 0.29) is 11.5 Å². The number of halogens is 1. The number of aromatic nitrogens is 3. The fraction of sp³-hybridized carbons (Fsp3) is 0.625. The largest absolute Gasteiger partial charge is 0.354 e. The molecule has 26 heavy (non-hydrogen) atoms. The Kier molecular flexibility index (Phi) is 4.68. The monoisotopic (exact) mass is 398 g/mol. The van der Waals surface area contributed by atoms with E-state index < -0.39 is 11.3 Å². The van der Waals surface area contributed by atoms with E-state index in [2.05, 4.69) is 20.4 Å². The van der Waals surface area contributed by atoms with Crippen molar-refractivity contribution in [3.63, 3.8) is 0 Å². The normalized spacial score (nSPS) is 20.6. The molecule has 1 atom stereocenters. The third-order valence-corrected chi connectivity index (χ3v) is 6.42. The lowest BCUT2D eigenvalue weighted by Gasteiger charge is -2.60. The highest BCUT2D eigenvalue weighted by Crippen LogP contribution is 2.51. The molecule has 142 valence electrons. The predicted octanol–water partition coefficient (Wildman–Crippen LogP) is 2.01. The molecule has 1 aliphatic heterocycles. The summed E-state index contributed by atoms with van der Waals surface area (Å²) in [7, 11) is 0. The lowest BCUT2D eigenvalue weighted by atomic mass is 9.61. The van der Waals surface area contributed by atoms with Gasteiger partial charge in [-0.15, -0.1) is 4.41 Å². The topological polar surface area (TPSA) is 86.0 Å². The Hall–Kier alpha value is -1.26. The first-order valence-corrected chi connectivity index (χ1v) is 10.3. The molecule has 2 fully saturated rings. The molecule has 1 spiro atoms. The van der Waals surface area contributed by atoms with Gasteiger partial charge in [0.25, 0.3) is 0 Å². The van der Waals surface area contributed by atoms with E-state index in [0.29, 0.717) is 11.7 Å². The molecule has 4 rings (SSSR count). The van der Waals surface area contributed by atoms with Gasteiger partial charge >= 0.3 is 0 Å². The van der Waals surface area contributed by atoms with Crippen molar-refractivity contribution in [1.29, 1.82) is 0 Å². The van der Waals surface area contributed by atoms with Gasteiger partial charge in [0.1, 0.15) is 17.0 Å². The standard InChI is InChI=1S/C16H23ClN6O2S/c1-3-4-19-23(26(24)25)12-6-16(7-12)8-21(9-16)15-14-11(2)5-13(17)22(14)20-10-18-15/h5,10,12,19H,3-4,6-9H2,1-2H3,(H,24,25). The number of fused-ring (bicyclic) bond motifs is 1. The third-order valence-electron chi connectivity index (χ3n) is 5.39. The highest BCUT2D eigenvalue weighted by atomic mass is 35.5. The zero-order valence-corrected chi connectivity index (χ0v) is 16.4. The Balaban J connectivity index is 1.43. The van der Waals surface area contributed by atoms with Crippen molar-refractivity contribution in [2.75, 3.05) is 24.5 Å². The summed E-state index contributed by atoms with van der Waals surface area (Å²) in [6.45, 7) is 6.55. The van der Waals surface area contributed by atoms with Gasteiger partial charge in [0.2, 0.25) is 11.3 Å². The summed E-state index contributed by atoms with van der Waals surface area (Å²) in [6, 6.07) is 2.00.